The summed E-state index contributed by atoms with van der Waals surface area (Å²) in [6, 6.07) is 9.49. The van der Waals surface area contributed by atoms with E-state index in [9.17, 15) is 5.11 Å². The van der Waals surface area contributed by atoms with E-state index in [-0.39, 0.29) is 0 Å². The molecule has 1 aromatic carbocycles. The molecular formula is C12H11NO. The van der Waals surface area contributed by atoms with E-state index >= 15 is 0 Å². The van der Waals surface area contributed by atoms with Crippen molar-refractivity contribution in [1.29, 1.82) is 0 Å². The summed E-state index contributed by atoms with van der Waals surface area (Å²) in [4.78, 5) is 3.94. The van der Waals surface area contributed by atoms with Crippen LogP contribution in [0.2, 0.25) is 0 Å². The molecule has 0 aliphatic rings. The molecule has 1 N–H and O–H groups in total. The number of phenolic OH excluding ortho intramolecular Hbond substituents is 1. The van der Waals surface area contributed by atoms with E-state index in [1.54, 1.807) is 12.4 Å². The molecule has 1 aromatic heterocycles. The van der Waals surface area contributed by atoms with Crippen LogP contribution in [0, 0.1) is 6.92 Å². The average molecular weight is 185 g/mol. The van der Waals surface area contributed by atoms with Gasteiger partial charge in [-0.2, -0.15) is 0 Å². The summed E-state index contributed by atoms with van der Waals surface area (Å²) in [5.41, 5.74) is 2.73. The number of aryl methyl sites for hydroxylation is 1. The minimum Gasteiger partial charge on any atom is -0.507 e. The van der Waals surface area contributed by atoms with Gasteiger partial charge in [-0.1, -0.05) is 18.2 Å². The van der Waals surface area contributed by atoms with Crippen molar-refractivity contribution in [2.75, 3.05) is 0 Å². The van der Waals surface area contributed by atoms with E-state index in [4.69, 9.17) is 0 Å². The fourth-order valence-electron chi connectivity index (χ4n) is 1.42. The normalized spacial score (nSPS) is 10.1. The molecule has 0 radical (unpaired) electrons. The maximum Gasteiger partial charge on any atom is 0.126 e. The first-order valence-corrected chi connectivity index (χ1v) is 4.48. The SMILES string of the molecule is Cc1cccc(-c2ccncc2)c1O. The van der Waals surface area contributed by atoms with Crippen LogP contribution in [0.4, 0.5) is 0 Å². The topological polar surface area (TPSA) is 33.1 Å². The van der Waals surface area contributed by atoms with Gasteiger partial charge in [-0.15, -0.1) is 0 Å². The van der Waals surface area contributed by atoms with Crippen LogP contribution in [0.15, 0.2) is 42.7 Å². The van der Waals surface area contributed by atoms with Crippen molar-refractivity contribution in [3.8, 4) is 16.9 Å². The Morgan fingerprint density at radius 2 is 1.79 bits per heavy atom. The smallest absolute Gasteiger partial charge is 0.126 e. The molecule has 2 heteroatoms. The van der Waals surface area contributed by atoms with Gasteiger partial charge >= 0.3 is 0 Å². The van der Waals surface area contributed by atoms with Gasteiger partial charge in [-0.25, -0.2) is 0 Å². The van der Waals surface area contributed by atoms with Crippen LogP contribution in [0.25, 0.3) is 11.1 Å². The molecule has 70 valence electrons. The molecule has 0 amide bonds. The van der Waals surface area contributed by atoms with E-state index in [1.807, 2.05) is 37.3 Å². The van der Waals surface area contributed by atoms with Crippen LogP contribution in [-0.4, -0.2) is 10.1 Å². The molecular weight excluding hydrogens is 174 g/mol. The summed E-state index contributed by atoms with van der Waals surface area (Å²) in [5.74, 6) is 0.346. The van der Waals surface area contributed by atoms with E-state index in [1.165, 1.54) is 0 Å². The van der Waals surface area contributed by atoms with Crippen LogP contribution in [0.3, 0.4) is 0 Å². The zero-order chi connectivity index (χ0) is 9.97. The number of rotatable bonds is 1. The average Bonchev–Trinajstić information content (AvgIpc) is 2.23. The van der Waals surface area contributed by atoms with Gasteiger partial charge in [0.15, 0.2) is 0 Å². The predicted molar refractivity (Wildman–Crippen MR) is 56.1 cm³/mol. The second kappa shape index (κ2) is 3.50. The maximum absolute atomic E-state index is 9.83. The van der Waals surface area contributed by atoms with Crippen LogP contribution in [-0.2, 0) is 0 Å². The minimum atomic E-state index is 0.346. The van der Waals surface area contributed by atoms with Gasteiger partial charge in [0.25, 0.3) is 0 Å². The highest BCUT2D eigenvalue weighted by Crippen LogP contribution is 2.30. The molecule has 0 aliphatic carbocycles. The molecule has 0 unspecified atom stereocenters. The molecule has 0 atom stereocenters. The summed E-state index contributed by atoms with van der Waals surface area (Å²) < 4.78 is 0. The van der Waals surface area contributed by atoms with Crippen molar-refractivity contribution in [3.63, 3.8) is 0 Å². The largest absolute Gasteiger partial charge is 0.507 e. The van der Waals surface area contributed by atoms with Gasteiger partial charge in [-0.05, 0) is 30.2 Å². The molecule has 0 aliphatic heterocycles. The maximum atomic E-state index is 9.83. The molecule has 2 aromatic rings. The molecule has 1 heterocycles. The van der Waals surface area contributed by atoms with Crippen molar-refractivity contribution in [1.82, 2.24) is 4.98 Å². The fraction of sp³-hybridized carbons (Fsp3) is 0.0833. The molecule has 0 spiro atoms. The van der Waals surface area contributed by atoms with Gasteiger partial charge in [0.1, 0.15) is 5.75 Å². The van der Waals surface area contributed by atoms with Crippen LogP contribution >= 0.6 is 0 Å². The van der Waals surface area contributed by atoms with Crippen molar-refractivity contribution < 1.29 is 5.11 Å². The molecule has 14 heavy (non-hydrogen) atoms. The number of para-hydroxylation sites is 1. The summed E-state index contributed by atoms with van der Waals surface area (Å²) in [7, 11) is 0. The van der Waals surface area contributed by atoms with Crippen molar-refractivity contribution in [3.05, 3.63) is 48.3 Å². The quantitative estimate of drug-likeness (QED) is 0.741. The number of hydrogen-bond acceptors (Lipinski definition) is 2. The summed E-state index contributed by atoms with van der Waals surface area (Å²) in [6.07, 6.45) is 3.44. The number of phenols is 1. The molecule has 2 rings (SSSR count). The Morgan fingerprint density at radius 1 is 1.07 bits per heavy atom. The van der Waals surface area contributed by atoms with Gasteiger partial charge in [0, 0.05) is 18.0 Å². The Kier molecular flexibility index (Phi) is 2.19. The van der Waals surface area contributed by atoms with E-state index in [0.717, 1.165) is 16.7 Å². The Morgan fingerprint density at radius 3 is 2.50 bits per heavy atom. The third-order valence-corrected chi connectivity index (χ3v) is 2.23. The van der Waals surface area contributed by atoms with Crippen LogP contribution < -0.4 is 0 Å². The van der Waals surface area contributed by atoms with E-state index in [0.29, 0.717) is 5.75 Å². The summed E-state index contributed by atoms with van der Waals surface area (Å²) in [6.45, 7) is 1.89. The molecule has 0 fully saturated rings. The first-order valence-electron chi connectivity index (χ1n) is 4.48. The van der Waals surface area contributed by atoms with Gasteiger partial charge < -0.3 is 5.11 Å². The zero-order valence-electron chi connectivity index (χ0n) is 7.94. The van der Waals surface area contributed by atoms with Crippen LogP contribution in [0.1, 0.15) is 5.56 Å². The second-order valence-corrected chi connectivity index (χ2v) is 3.21. The lowest BCUT2D eigenvalue weighted by Gasteiger charge is -2.06. The van der Waals surface area contributed by atoms with Gasteiger partial charge in [0.2, 0.25) is 0 Å². The van der Waals surface area contributed by atoms with Gasteiger partial charge in [0.05, 0.1) is 0 Å². The highest BCUT2D eigenvalue weighted by molar-refractivity contribution is 5.71. The standard InChI is InChI=1S/C12H11NO/c1-9-3-2-4-11(12(9)14)10-5-7-13-8-6-10/h2-8,14H,1H3. The summed E-state index contributed by atoms with van der Waals surface area (Å²) >= 11 is 0. The number of benzene rings is 1. The molecule has 2 nitrogen and oxygen atoms in total. The summed E-state index contributed by atoms with van der Waals surface area (Å²) in [5, 5.41) is 9.83. The Bertz CT molecular complexity index is 437. The number of nitrogens with zero attached hydrogens (tertiary/aromatic N) is 1. The second-order valence-electron chi connectivity index (χ2n) is 3.21. The van der Waals surface area contributed by atoms with Gasteiger partial charge in [-0.3, -0.25) is 4.98 Å². The van der Waals surface area contributed by atoms with Crippen molar-refractivity contribution in [2.45, 2.75) is 6.92 Å². The monoisotopic (exact) mass is 185 g/mol. The Hall–Kier alpha value is -1.83. The number of hydrogen-bond donors (Lipinski definition) is 1. The number of aromatic hydroxyl groups is 1. The number of aromatic nitrogens is 1. The fourth-order valence-corrected chi connectivity index (χ4v) is 1.42. The molecule has 0 bridgehead atoms. The Labute approximate surface area is 82.9 Å². The third kappa shape index (κ3) is 1.46. The lowest BCUT2D eigenvalue weighted by atomic mass is 10.0. The first-order chi connectivity index (χ1) is 6.79. The molecule has 0 saturated carbocycles. The highest BCUT2D eigenvalue weighted by Gasteiger charge is 2.04. The van der Waals surface area contributed by atoms with E-state index < -0.39 is 0 Å². The van der Waals surface area contributed by atoms with Crippen LogP contribution in [0.5, 0.6) is 5.75 Å². The zero-order valence-corrected chi connectivity index (χ0v) is 7.94. The molecule has 0 saturated heterocycles. The predicted octanol–water partition coefficient (Wildman–Crippen LogP) is 2.76. The first kappa shape index (κ1) is 8.75. The third-order valence-electron chi connectivity index (χ3n) is 2.23. The van der Waals surface area contributed by atoms with Crippen molar-refractivity contribution >= 4 is 0 Å². The Balaban J connectivity index is 2.58. The lowest BCUT2D eigenvalue weighted by Crippen LogP contribution is -1.82. The minimum absolute atomic E-state index is 0.346. The number of pyridine rings is 1. The highest BCUT2D eigenvalue weighted by atomic mass is 16.3. The van der Waals surface area contributed by atoms with Crippen molar-refractivity contribution in [2.24, 2.45) is 0 Å². The lowest BCUT2D eigenvalue weighted by molar-refractivity contribution is 0.473. The van der Waals surface area contributed by atoms with E-state index in [2.05, 4.69) is 4.98 Å².